The number of carbonyl (C=O) groups is 2. The van der Waals surface area contributed by atoms with Crippen LogP contribution >= 0.6 is 0 Å². The summed E-state index contributed by atoms with van der Waals surface area (Å²) in [6.07, 6.45) is 0. The maximum Gasteiger partial charge on any atom is 0.338 e. The van der Waals surface area contributed by atoms with Crippen molar-refractivity contribution in [3.8, 4) is 11.8 Å². The van der Waals surface area contributed by atoms with Gasteiger partial charge in [0.1, 0.15) is 5.60 Å². The van der Waals surface area contributed by atoms with Gasteiger partial charge in [0, 0.05) is 12.5 Å². The van der Waals surface area contributed by atoms with E-state index in [4.69, 9.17) is 4.74 Å². The minimum Gasteiger partial charge on any atom is -0.456 e. The van der Waals surface area contributed by atoms with Crippen LogP contribution < -0.4 is 5.32 Å². The molecular formula is C16H19NO3. The summed E-state index contributed by atoms with van der Waals surface area (Å²) in [6, 6.07) is 6.85. The zero-order valence-corrected chi connectivity index (χ0v) is 12.2. The van der Waals surface area contributed by atoms with Crippen LogP contribution in [0.1, 0.15) is 43.6 Å². The van der Waals surface area contributed by atoms with E-state index in [0.29, 0.717) is 12.1 Å². The largest absolute Gasteiger partial charge is 0.456 e. The molecule has 0 unspecified atom stereocenters. The van der Waals surface area contributed by atoms with Gasteiger partial charge in [0.2, 0.25) is 5.91 Å². The first-order chi connectivity index (χ1) is 9.28. The second-order valence-electron chi connectivity index (χ2n) is 5.29. The second kappa shape index (κ2) is 6.76. The summed E-state index contributed by atoms with van der Waals surface area (Å²) in [7, 11) is 0. The molecule has 1 aromatic rings. The van der Waals surface area contributed by atoms with Crippen molar-refractivity contribution in [2.45, 2.75) is 33.3 Å². The molecule has 1 amide bonds. The van der Waals surface area contributed by atoms with Crippen LogP contribution in [0.4, 0.5) is 0 Å². The number of rotatable bonds is 2. The third-order valence-electron chi connectivity index (χ3n) is 2.18. The number of benzene rings is 1. The number of carbonyl (C=O) groups excluding carboxylic acids is 2. The molecule has 0 aromatic heterocycles. The van der Waals surface area contributed by atoms with E-state index in [2.05, 4.69) is 17.2 Å². The van der Waals surface area contributed by atoms with E-state index in [0.717, 1.165) is 5.56 Å². The van der Waals surface area contributed by atoms with Gasteiger partial charge in [0.15, 0.2) is 0 Å². The normalized spacial score (nSPS) is 10.2. The van der Waals surface area contributed by atoms with Crippen molar-refractivity contribution in [2.75, 3.05) is 6.54 Å². The predicted molar refractivity (Wildman–Crippen MR) is 77.2 cm³/mol. The van der Waals surface area contributed by atoms with Gasteiger partial charge in [-0.3, -0.25) is 4.79 Å². The minimum absolute atomic E-state index is 0.112. The van der Waals surface area contributed by atoms with Crippen LogP contribution in [0, 0.1) is 11.8 Å². The molecule has 4 nitrogen and oxygen atoms in total. The summed E-state index contributed by atoms with van der Waals surface area (Å²) < 4.78 is 5.27. The standard InChI is InChI=1S/C16H19NO3/c1-12(18)17-11-5-6-13-7-9-14(10-8-13)15(19)20-16(2,3)4/h7-10H,11H2,1-4H3,(H,17,18). The number of nitrogens with one attached hydrogen (secondary N) is 1. The number of ether oxygens (including phenoxy) is 1. The third-order valence-corrected chi connectivity index (χ3v) is 2.18. The number of amides is 1. The molecule has 0 aliphatic rings. The molecule has 0 saturated heterocycles. The van der Waals surface area contributed by atoms with Gasteiger partial charge in [-0.15, -0.1) is 0 Å². The topological polar surface area (TPSA) is 55.4 Å². The highest BCUT2D eigenvalue weighted by Crippen LogP contribution is 2.12. The molecule has 1 N–H and O–H groups in total. The summed E-state index contributed by atoms with van der Waals surface area (Å²) in [5, 5.41) is 2.58. The Bertz CT molecular complexity index is 542. The Labute approximate surface area is 119 Å². The van der Waals surface area contributed by atoms with Gasteiger partial charge in [-0.2, -0.15) is 0 Å². The highest BCUT2D eigenvalue weighted by atomic mass is 16.6. The Morgan fingerprint density at radius 3 is 2.30 bits per heavy atom. The molecule has 1 aromatic carbocycles. The Kier molecular flexibility index (Phi) is 5.33. The van der Waals surface area contributed by atoms with Crippen molar-refractivity contribution in [1.29, 1.82) is 0 Å². The van der Waals surface area contributed by atoms with Crippen LogP contribution in [0.5, 0.6) is 0 Å². The van der Waals surface area contributed by atoms with Crippen molar-refractivity contribution in [3.63, 3.8) is 0 Å². The Morgan fingerprint density at radius 1 is 1.20 bits per heavy atom. The highest BCUT2D eigenvalue weighted by Gasteiger charge is 2.17. The monoisotopic (exact) mass is 273 g/mol. The molecule has 0 saturated carbocycles. The van der Waals surface area contributed by atoms with Gasteiger partial charge >= 0.3 is 5.97 Å². The fourth-order valence-corrected chi connectivity index (χ4v) is 1.34. The van der Waals surface area contributed by atoms with E-state index < -0.39 is 5.60 Å². The smallest absolute Gasteiger partial charge is 0.338 e. The van der Waals surface area contributed by atoms with Gasteiger partial charge in [0.25, 0.3) is 0 Å². The van der Waals surface area contributed by atoms with Crippen molar-refractivity contribution >= 4 is 11.9 Å². The lowest BCUT2D eigenvalue weighted by Gasteiger charge is -2.19. The lowest BCUT2D eigenvalue weighted by atomic mass is 10.1. The Balaban J connectivity index is 2.64. The molecule has 0 atom stereocenters. The summed E-state index contributed by atoms with van der Waals surface area (Å²) in [5.74, 6) is 5.26. The molecule has 0 aliphatic heterocycles. The van der Waals surface area contributed by atoms with Crippen molar-refractivity contribution in [1.82, 2.24) is 5.32 Å². The average molecular weight is 273 g/mol. The van der Waals surface area contributed by atoms with Gasteiger partial charge < -0.3 is 10.1 Å². The van der Waals surface area contributed by atoms with Gasteiger partial charge in [-0.05, 0) is 45.0 Å². The Hall–Kier alpha value is -2.28. The molecule has 0 aliphatic carbocycles. The summed E-state index contributed by atoms with van der Waals surface area (Å²) >= 11 is 0. The molecule has 0 radical (unpaired) electrons. The van der Waals surface area contributed by atoms with Gasteiger partial charge in [-0.1, -0.05) is 11.8 Å². The molecule has 0 fully saturated rings. The predicted octanol–water partition coefficient (Wildman–Crippen LogP) is 2.13. The Morgan fingerprint density at radius 2 is 1.80 bits per heavy atom. The lowest BCUT2D eigenvalue weighted by molar-refractivity contribution is -0.118. The van der Waals surface area contributed by atoms with Crippen LogP contribution in [0.2, 0.25) is 0 Å². The van der Waals surface area contributed by atoms with E-state index in [1.54, 1.807) is 24.3 Å². The van der Waals surface area contributed by atoms with E-state index in [9.17, 15) is 9.59 Å². The molecule has 0 heterocycles. The maximum absolute atomic E-state index is 11.8. The zero-order chi connectivity index (χ0) is 15.2. The quantitative estimate of drug-likeness (QED) is 0.663. The first kappa shape index (κ1) is 15.8. The summed E-state index contributed by atoms with van der Waals surface area (Å²) in [5.41, 5.74) is 0.767. The molecule has 1 rings (SSSR count). The molecule has 0 bridgehead atoms. The molecule has 4 heteroatoms. The second-order valence-corrected chi connectivity index (χ2v) is 5.29. The van der Waals surface area contributed by atoms with Crippen LogP contribution in [-0.4, -0.2) is 24.0 Å². The van der Waals surface area contributed by atoms with E-state index >= 15 is 0 Å². The number of hydrogen-bond acceptors (Lipinski definition) is 3. The molecular weight excluding hydrogens is 254 g/mol. The van der Waals surface area contributed by atoms with Crippen molar-refractivity contribution in [2.24, 2.45) is 0 Å². The first-order valence-electron chi connectivity index (χ1n) is 6.34. The van der Waals surface area contributed by atoms with E-state index in [1.807, 2.05) is 20.8 Å². The lowest BCUT2D eigenvalue weighted by Crippen LogP contribution is -2.23. The SMILES string of the molecule is CC(=O)NCC#Cc1ccc(C(=O)OC(C)(C)C)cc1. The highest BCUT2D eigenvalue weighted by molar-refractivity contribution is 5.89. The molecule has 106 valence electrons. The van der Waals surface area contributed by atoms with E-state index in [1.165, 1.54) is 6.92 Å². The minimum atomic E-state index is -0.506. The fraction of sp³-hybridized carbons (Fsp3) is 0.375. The number of hydrogen-bond donors (Lipinski definition) is 1. The molecule has 20 heavy (non-hydrogen) atoms. The summed E-state index contributed by atoms with van der Waals surface area (Å²) in [4.78, 5) is 22.5. The van der Waals surface area contributed by atoms with Crippen LogP contribution in [-0.2, 0) is 9.53 Å². The van der Waals surface area contributed by atoms with Crippen molar-refractivity contribution < 1.29 is 14.3 Å². The molecule has 0 spiro atoms. The fourth-order valence-electron chi connectivity index (χ4n) is 1.34. The van der Waals surface area contributed by atoms with Gasteiger partial charge in [0.05, 0.1) is 12.1 Å². The maximum atomic E-state index is 11.8. The van der Waals surface area contributed by atoms with Crippen LogP contribution in [0.15, 0.2) is 24.3 Å². The van der Waals surface area contributed by atoms with Crippen LogP contribution in [0.3, 0.4) is 0 Å². The average Bonchev–Trinajstić information content (AvgIpc) is 2.33. The first-order valence-corrected chi connectivity index (χ1v) is 6.34. The third kappa shape index (κ3) is 6.05. The van der Waals surface area contributed by atoms with E-state index in [-0.39, 0.29) is 11.9 Å². The zero-order valence-electron chi connectivity index (χ0n) is 12.2. The number of esters is 1. The van der Waals surface area contributed by atoms with Gasteiger partial charge in [-0.25, -0.2) is 4.79 Å². The summed E-state index contributed by atoms with van der Waals surface area (Å²) in [6.45, 7) is 7.23. The van der Waals surface area contributed by atoms with Crippen LogP contribution in [0.25, 0.3) is 0 Å². The van der Waals surface area contributed by atoms with Crippen molar-refractivity contribution in [3.05, 3.63) is 35.4 Å².